The van der Waals surface area contributed by atoms with E-state index in [1.54, 1.807) is 0 Å². The van der Waals surface area contributed by atoms with Gasteiger partial charge >= 0.3 is 0 Å². The van der Waals surface area contributed by atoms with Crippen molar-refractivity contribution in [1.82, 2.24) is 20.4 Å². The van der Waals surface area contributed by atoms with Gasteiger partial charge in [0.15, 0.2) is 5.96 Å². The number of nitrogens with zero attached hydrogens (tertiary/aromatic N) is 3. The maximum absolute atomic E-state index is 11.7. The lowest BCUT2D eigenvalue weighted by atomic mass is 10.2. The maximum atomic E-state index is 11.7. The second-order valence-corrected chi connectivity index (χ2v) is 6.58. The molecule has 132 valence electrons. The number of hydrogen-bond donors (Lipinski definition) is 2. The molecule has 6 heteroatoms. The zero-order valence-electron chi connectivity index (χ0n) is 14.8. The molecule has 0 saturated carbocycles. The van der Waals surface area contributed by atoms with Crippen LogP contribution < -0.4 is 10.6 Å². The first-order chi connectivity index (χ1) is 11.2. The van der Waals surface area contributed by atoms with Gasteiger partial charge in [0, 0.05) is 45.7 Å². The lowest BCUT2D eigenvalue weighted by molar-refractivity contribution is -0.129. The van der Waals surface area contributed by atoms with Crippen molar-refractivity contribution in [2.75, 3.05) is 46.3 Å². The molecule has 2 fully saturated rings. The molecule has 1 amide bonds. The summed E-state index contributed by atoms with van der Waals surface area (Å²) in [6.45, 7) is 8.02. The van der Waals surface area contributed by atoms with Crippen molar-refractivity contribution < 1.29 is 4.79 Å². The highest BCUT2D eigenvalue weighted by Gasteiger charge is 2.25. The van der Waals surface area contributed by atoms with E-state index in [1.165, 1.54) is 38.8 Å². The Bertz CT molecular complexity index is 390. The topological polar surface area (TPSA) is 60.0 Å². The number of nitrogens with one attached hydrogen (secondary N) is 2. The summed E-state index contributed by atoms with van der Waals surface area (Å²) < 4.78 is 0. The molecule has 0 aliphatic carbocycles. The molecule has 2 rings (SSSR count). The first-order valence-corrected chi connectivity index (χ1v) is 9.20. The average molecular weight is 323 g/mol. The molecule has 6 nitrogen and oxygen atoms in total. The van der Waals surface area contributed by atoms with Crippen LogP contribution in [0.25, 0.3) is 0 Å². The van der Waals surface area contributed by atoms with Gasteiger partial charge in [-0.05, 0) is 32.4 Å². The van der Waals surface area contributed by atoms with Crippen LogP contribution in [0.3, 0.4) is 0 Å². The number of carbonyl (C=O) groups excluding carboxylic acids is 1. The first kappa shape index (κ1) is 18.0. The van der Waals surface area contributed by atoms with Crippen LogP contribution >= 0.6 is 0 Å². The summed E-state index contributed by atoms with van der Waals surface area (Å²) in [6, 6.07) is 0.315. The molecule has 1 atom stereocenters. The van der Waals surface area contributed by atoms with E-state index in [0.29, 0.717) is 12.5 Å². The van der Waals surface area contributed by atoms with Crippen LogP contribution in [0.1, 0.15) is 45.4 Å². The first-order valence-electron chi connectivity index (χ1n) is 9.20. The van der Waals surface area contributed by atoms with Gasteiger partial charge in [0.1, 0.15) is 0 Å². The van der Waals surface area contributed by atoms with Gasteiger partial charge in [0.2, 0.25) is 5.91 Å². The Hall–Kier alpha value is -1.30. The molecular formula is C17H33N5O. The third-order valence-electron chi connectivity index (χ3n) is 4.83. The number of aliphatic imine (C=N–C) groups is 1. The van der Waals surface area contributed by atoms with Crippen LogP contribution in [0.2, 0.25) is 0 Å². The molecule has 2 aliphatic rings. The Morgan fingerprint density at radius 1 is 1.17 bits per heavy atom. The largest absolute Gasteiger partial charge is 0.355 e. The highest BCUT2D eigenvalue weighted by Crippen LogP contribution is 2.10. The fourth-order valence-corrected chi connectivity index (χ4v) is 3.41. The summed E-state index contributed by atoms with van der Waals surface area (Å²) in [5.74, 6) is 1.11. The quantitative estimate of drug-likeness (QED) is 0.586. The smallest absolute Gasteiger partial charge is 0.222 e. The number of likely N-dealkylation sites (tertiary alicyclic amines) is 2. The van der Waals surface area contributed by atoms with Gasteiger partial charge in [-0.15, -0.1) is 0 Å². The standard InChI is InChI=1S/C17H33N5O/c1-3-16(23)22-12-8-15(14-22)20-17(18-2)19-9-13-21-10-6-4-5-7-11-21/h15H,3-14H2,1-2H3,(H2,18,19,20). The van der Waals surface area contributed by atoms with E-state index in [0.717, 1.165) is 38.6 Å². The molecular weight excluding hydrogens is 290 g/mol. The minimum atomic E-state index is 0.249. The predicted octanol–water partition coefficient (Wildman–Crippen LogP) is 1.04. The molecule has 2 saturated heterocycles. The van der Waals surface area contributed by atoms with Crippen LogP contribution in [0, 0.1) is 0 Å². The normalized spacial score (nSPS) is 23.7. The molecule has 2 heterocycles. The highest BCUT2D eigenvalue weighted by atomic mass is 16.2. The van der Waals surface area contributed by atoms with E-state index in [-0.39, 0.29) is 5.91 Å². The zero-order valence-corrected chi connectivity index (χ0v) is 14.8. The van der Waals surface area contributed by atoms with Crippen LogP contribution in [-0.4, -0.2) is 74.0 Å². The van der Waals surface area contributed by atoms with Gasteiger partial charge in [0.25, 0.3) is 0 Å². The van der Waals surface area contributed by atoms with E-state index >= 15 is 0 Å². The molecule has 0 aromatic heterocycles. The van der Waals surface area contributed by atoms with Crippen molar-refractivity contribution >= 4 is 11.9 Å². The summed E-state index contributed by atoms with van der Waals surface area (Å²) in [5.41, 5.74) is 0. The van der Waals surface area contributed by atoms with Crippen molar-refractivity contribution in [2.45, 2.75) is 51.5 Å². The summed E-state index contributed by atoms with van der Waals surface area (Å²) in [7, 11) is 1.81. The summed E-state index contributed by atoms with van der Waals surface area (Å²) in [4.78, 5) is 20.5. The number of guanidine groups is 1. The third kappa shape index (κ3) is 6.01. The minimum absolute atomic E-state index is 0.249. The van der Waals surface area contributed by atoms with Gasteiger partial charge in [-0.3, -0.25) is 9.79 Å². The van der Waals surface area contributed by atoms with Crippen molar-refractivity contribution in [3.05, 3.63) is 0 Å². The van der Waals surface area contributed by atoms with Crippen LogP contribution in [0.5, 0.6) is 0 Å². The van der Waals surface area contributed by atoms with Crippen molar-refractivity contribution in [1.29, 1.82) is 0 Å². The summed E-state index contributed by atoms with van der Waals surface area (Å²) in [6.07, 6.45) is 7.00. The maximum Gasteiger partial charge on any atom is 0.222 e. The minimum Gasteiger partial charge on any atom is -0.355 e. The average Bonchev–Trinajstić information content (AvgIpc) is 2.88. The van der Waals surface area contributed by atoms with Gasteiger partial charge in [0.05, 0.1) is 0 Å². The molecule has 0 spiro atoms. The highest BCUT2D eigenvalue weighted by molar-refractivity contribution is 5.80. The zero-order chi connectivity index (χ0) is 16.5. The molecule has 0 radical (unpaired) electrons. The Kier molecular flexibility index (Phi) is 7.65. The van der Waals surface area contributed by atoms with Crippen molar-refractivity contribution in [3.63, 3.8) is 0 Å². The van der Waals surface area contributed by atoms with Crippen molar-refractivity contribution in [3.8, 4) is 0 Å². The Balaban J connectivity index is 1.66. The van der Waals surface area contributed by atoms with Gasteiger partial charge in [-0.1, -0.05) is 19.8 Å². The fraction of sp³-hybridized carbons (Fsp3) is 0.882. The molecule has 1 unspecified atom stereocenters. The third-order valence-corrected chi connectivity index (χ3v) is 4.83. The SMILES string of the molecule is CCC(=O)N1CCC(NC(=NC)NCCN2CCCCCC2)C1. The van der Waals surface area contributed by atoms with Gasteiger partial charge < -0.3 is 20.4 Å². The van der Waals surface area contributed by atoms with Crippen LogP contribution in [0.4, 0.5) is 0 Å². The molecule has 0 bridgehead atoms. The lowest BCUT2D eigenvalue weighted by Crippen LogP contribution is -2.47. The second-order valence-electron chi connectivity index (χ2n) is 6.58. The molecule has 0 aromatic carbocycles. The molecule has 23 heavy (non-hydrogen) atoms. The number of amides is 1. The van der Waals surface area contributed by atoms with Crippen LogP contribution in [-0.2, 0) is 4.79 Å². The molecule has 0 aromatic rings. The molecule has 2 aliphatic heterocycles. The van der Waals surface area contributed by atoms with E-state index in [2.05, 4.69) is 20.5 Å². The van der Waals surface area contributed by atoms with E-state index < -0.39 is 0 Å². The monoisotopic (exact) mass is 323 g/mol. The number of hydrogen-bond acceptors (Lipinski definition) is 3. The fourth-order valence-electron chi connectivity index (χ4n) is 3.41. The van der Waals surface area contributed by atoms with E-state index in [4.69, 9.17) is 0 Å². The van der Waals surface area contributed by atoms with Crippen LogP contribution in [0.15, 0.2) is 4.99 Å². The Labute approximate surface area is 140 Å². The van der Waals surface area contributed by atoms with Gasteiger partial charge in [-0.25, -0.2) is 0 Å². The van der Waals surface area contributed by atoms with Crippen molar-refractivity contribution in [2.24, 2.45) is 4.99 Å². The number of carbonyl (C=O) groups is 1. The van der Waals surface area contributed by atoms with E-state index in [1.807, 2.05) is 18.9 Å². The lowest BCUT2D eigenvalue weighted by Gasteiger charge is -2.22. The van der Waals surface area contributed by atoms with Gasteiger partial charge in [-0.2, -0.15) is 0 Å². The summed E-state index contributed by atoms with van der Waals surface area (Å²) >= 11 is 0. The Morgan fingerprint density at radius 2 is 1.91 bits per heavy atom. The summed E-state index contributed by atoms with van der Waals surface area (Å²) in [5, 5.41) is 6.87. The predicted molar refractivity (Wildman–Crippen MR) is 94.7 cm³/mol. The Morgan fingerprint density at radius 3 is 2.57 bits per heavy atom. The second kappa shape index (κ2) is 9.75. The number of rotatable bonds is 5. The molecule has 2 N–H and O–H groups in total. The van der Waals surface area contributed by atoms with E-state index in [9.17, 15) is 4.79 Å².